The largest absolute Gasteiger partial charge is 0.393 e. The number of Topliss-reactive ketones (excluding diaryl/α,β-unsaturated/α-hetero) is 1. The maximum Gasteiger partial charge on any atom is 0.138 e. The Labute approximate surface area is 202 Å². The van der Waals surface area contributed by atoms with Crippen LogP contribution in [0.25, 0.3) is 0 Å². The molecule has 8 unspecified atom stereocenters. The first-order valence-electron chi connectivity index (χ1n) is 13.8. The molecule has 8 atom stereocenters. The fraction of sp³-hybridized carbons (Fsp3) is 0.900. The summed E-state index contributed by atoms with van der Waals surface area (Å²) in [5.74, 6) is 2.26. The Morgan fingerprint density at radius 1 is 0.970 bits per heavy atom. The molecule has 0 radical (unpaired) electrons. The highest BCUT2D eigenvalue weighted by Crippen LogP contribution is 2.75. The second kappa shape index (κ2) is 8.19. The third-order valence-electron chi connectivity index (χ3n) is 12.2. The van der Waals surface area contributed by atoms with E-state index >= 15 is 0 Å². The van der Waals surface area contributed by atoms with Crippen LogP contribution >= 0.6 is 0 Å². The molecule has 33 heavy (non-hydrogen) atoms. The van der Waals surface area contributed by atoms with Gasteiger partial charge in [0.15, 0.2) is 0 Å². The molecule has 188 valence electrons. The van der Waals surface area contributed by atoms with Crippen molar-refractivity contribution in [3.63, 3.8) is 0 Å². The lowest BCUT2D eigenvalue weighted by Crippen LogP contribution is -2.63. The number of hydrogen-bond acceptors (Lipinski definition) is 3. The zero-order chi connectivity index (χ0) is 24.4. The minimum atomic E-state index is -0.974. The minimum absolute atomic E-state index is 0.128. The zero-order valence-corrected chi connectivity index (χ0v) is 22.5. The molecule has 3 heteroatoms. The van der Waals surface area contributed by atoms with Gasteiger partial charge in [-0.1, -0.05) is 46.3 Å². The number of aliphatic hydroxyl groups excluding tert-OH is 1. The maximum absolute atomic E-state index is 12.9. The molecular formula is C30H50O3. The molecule has 4 rings (SSSR count). The number of carbonyl (C=O) groups is 1. The Bertz CT molecular complexity index is 809. The van der Waals surface area contributed by atoms with Crippen LogP contribution in [-0.2, 0) is 4.79 Å². The van der Waals surface area contributed by atoms with Gasteiger partial charge in [-0.3, -0.25) is 4.79 Å². The van der Waals surface area contributed by atoms with Gasteiger partial charge in [0.05, 0.1) is 12.2 Å². The fourth-order valence-electron chi connectivity index (χ4n) is 10.2. The summed E-state index contributed by atoms with van der Waals surface area (Å²) >= 11 is 0. The van der Waals surface area contributed by atoms with Gasteiger partial charge in [-0.25, -0.2) is 0 Å². The number of rotatable bonds is 5. The number of aliphatic hydroxyl groups is 2. The van der Waals surface area contributed by atoms with Gasteiger partial charge in [0, 0.05) is 11.8 Å². The number of carbonyl (C=O) groups excluding carboxylic acids is 1. The molecule has 0 spiro atoms. The van der Waals surface area contributed by atoms with E-state index in [1.165, 1.54) is 18.4 Å². The summed E-state index contributed by atoms with van der Waals surface area (Å²) in [5, 5.41) is 22.0. The van der Waals surface area contributed by atoms with Gasteiger partial charge in [0.1, 0.15) is 5.78 Å². The SMILES string of the molecule is CC(C)=CCCC(O)(CO)C1CCC2(C)C1CCC1C3(C)CCC(=O)C(C)(C)C3CCC12C. The summed E-state index contributed by atoms with van der Waals surface area (Å²) in [5.41, 5.74) is 0.762. The molecule has 4 saturated carbocycles. The van der Waals surface area contributed by atoms with Gasteiger partial charge in [-0.2, -0.15) is 0 Å². The number of allylic oxidation sites excluding steroid dienone is 2. The first-order valence-corrected chi connectivity index (χ1v) is 13.8. The van der Waals surface area contributed by atoms with Crippen LogP contribution in [0.1, 0.15) is 113 Å². The van der Waals surface area contributed by atoms with Crippen molar-refractivity contribution in [1.82, 2.24) is 0 Å². The van der Waals surface area contributed by atoms with E-state index in [2.05, 4.69) is 54.5 Å². The van der Waals surface area contributed by atoms with Crippen molar-refractivity contribution in [2.24, 2.45) is 45.3 Å². The van der Waals surface area contributed by atoms with Gasteiger partial charge in [0.2, 0.25) is 0 Å². The van der Waals surface area contributed by atoms with E-state index in [1.54, 1.807) is 0 Å². The molecule has 3 nitrogen and oxygen atoms in total. The molecule has 4 aliphatic rings. The lowest BCUT2D eigenvalue weighted by Gasteiger charge is -2.69. The monoisotopic (exact) mass is 458 g/mol. The molecule has 0 amide bonds. The molecule has 0 aliphatic heterocycles. The average molecular weight is 459 g/mol. The van der Waals surface area contributed by atoms with Gasteiger partial charge in [-0.05, 0) is 112 Å². The molecule has 2 N–H and O–H groups in total. The van der Waals surface area contributed by atoms with E-state index in [-0.39, 0.29) is 34.2 Å². The highest BCUT2D eigenvalue weighted by atomic mass is 16.3. The molecule has 0 saturated heterocycles. The van der Waals surface area contributed by atoms with Crippen molar-refractivity contribution in [3.05, 3.63) is 11.6 Å². The van der Waals surface area contributed by atoms with Gasteiger partial charge in [0.25, 0.3) is 0 Å². The van der Waals surface area contributed by atoms with E-state index in [0.29, 0.717) is 30.0 Å². The van der Waals surface area contributed by atoms with Crippen LogP contribution in [0.4, 0.5) is 0 Å². The Balaban J connectivity index is 1.64. The van der Waals surface area contributed by atoms with E-state index in [9.17, 15) is 15.0 Å². The predicted octanol–water partition coefficient (Wildman–Crippen LogP) is 6.71. The third-order valence-corrected chi connectivity index (χ3v) is 12.2. The number of ketones is 1. The first kappa shape index (κ1) is 25.4. The van der Waals surface area contributed by atoms with E-state index in [4.69, 9.17) is 0 Å². The van der Waals surface area contributed by atoms with Crippen LogP contribution in [0.2, 0.25) is 0 Å². The van der Waals surface area contributed by atoms with Crippen molar-refractivity contribution in [2.75, 3.05) is 6.61 Å². The fourth-order valence-corrected chi connectivity index (χ4v) is 10.2. The third kappa shape index (κ3) is 3.53. The van der Waals surface area contributed by atoms with Gasteiger partial charge < -0.3 is 10.2 Å². The highest BCUT2D eigenvalue weighted by Gasteiger charge is 2.69. The molecule has 0 aromatic heterocycles. The van der Waals surface area contributed by atoms with Crippen LogP contribution in [0.5, 0.6) is 0 Å². The van der Waals surface area contributed by atoms with Crippen LogP contribution in [0, 0.1) is 45.3 Å². The summed E-state index contributed by atoms with van der Waals surface area (Å²) in [4.78, 5) is 12.9. The van der Waals surface area contributed by atoms with E-state index < -0.39 is 5.60 Å². The Morgan fingerprint density at radius 2 is 1.64 bits per heavy atom. The average Bonchev–Trinajstić information content (AvgIpc) is 3.10. The number of hydrogen-bond donors (Lipinski definition) is 2. The second-order valence-electron chi connectivity index (χ2n) is 14.0. The van der Waals surface area contributed by atoms with Crippen LogP contribution < -0.4 is 0 Å². The van der Waals surface area contributed by atoms with Crippen molar-refractivity contribution >= 4 is 5.78 Å². The summed E-state index contributed by atoms with van der Waals surface area (Å²) in [6, 6.07) is 0. The zero-order valence-electron chi connectivity index (χ0n) is 22.5. The summed E-state index contributed by atoms with van der Waals surface area (Å²) in [6.45, 7) is 16.1. The van der Waals surface area contributed by atoms with Crippen LogP contribution in [0.3, 0.4) is 0 Å². The molecular weight excluding hydrogens is 408 g/mol. The van der Waals surface area contributed by atoms with Crippen molar-refractivity contribution in [3.8, 4) is 0 Å². The maximum atomic E-state index is 12.9. The van der Waals surface area contributed by atoms with Crippen LogP contribution in [-0.4, -0.2) is 28.2 Å². The molecule has 4 aliphatic carbocycles. The van der Waals surface area contributed by atoms with Gasteiger partial charge in [-0.15, -0.1) is 0 Å². The van der Waals surface area contributed by atoms with E-state index in [0.717, 1.165) is 44.9 Å². The Kier molecular flexibility index (Phi) is 6.31. The Morgan fingerprint density at radius 3 is 2.27 bits per heavy atom. The minimum Gasteiger partial charge on any atom is -0.393 e. The lowest BCUT2D eigenvalue weighted by molar-refractivity contribution is -0.209. The number of fused-ring (bicyclic) bond motifs is 5. The van der Waals surface area contributed by atoms with Crippen molar-refractivity contribution < 1.29 is 15.0 Å². The lowest BCUT2D eigenvalue weighted by atomic mass is 9.35. The standard InChI is InChI=1S/C30H50O3/c1-20(2)9-8-15-30(33,19-31)22-12-17-28(6)21(22)10-11-24-27(5)16-14-25(32)26(3,4)23(27)13-18-29(24,28)7/h9,21-24,31,33H,8,10-19H2,1-7H3. The van der Waals surface area contributed by atoms with Crippen molar-refractivity contribution in [1.29, 1.82) is 0 Å². The Hall–Kier alpha value is -0.670. The molecule has 0 aromatic carbocycles. The van der Waals surface area contributed by atoms with Crippen molar-refractivity contribution in [2.45, 2.75) is 118 Å². The second-order valence-corrected chi connectivity index (χ2v) is 14.0. The topological polar surface area (TPSA) is 57.5 Å². The first-order chi connectivity index (χ1) is 15.3. The highest BCUT2D eigenvalue weighted by molar-refractivity contribution is 5.85. The normalized spacial score (nSPS) is 46.0. The smallest absolute Gasteiger partial charge is 0.138 e. The summed E-state index contributed by atoms with van der Waals surface area (Å²) < 4.78 is 0. The van der Waals surface area contributed by atoms with E-state index in [1.807, 2.05) is 0 Å². The van der Waals surface area contributed by atoms with Gasteiger partial charge >= 0.3 is 0 Å². The molecule has 0 heterocycles. The summed E-state index contributed by atoms with van der Waals surface area (Å²) in [6.07, 6.45) is 12.4. The molecule has 4 fully saturated rings. The van der Waals surface area contributed by atoms with Crippen LogP contribution in [0.15, 0.2) is 11.6 Å². The molecule has 0 bridgehead atoms. The molecule has 0 aromatic rings. The quantitative estimate of drug-likeness (QED) is 0.450. The predicted molar refractivity (Wildman–Crippen MR) is 135 cm³/mol. The summed E-state index contributed by atoms with van der Waals surface area (Å²) in [7, 11) is 0.